The molecule has 1 saturated carbocycles. The van der Waals surface area contributed by atoms with Crippen LogP contribution in [0.5, 0.6) is 0 Å². The molecular formula is C38H52N6O10S. The Balaban J connectivity index is 1.45. The highest BCUT2D eigenvalue weighted by atomic mass is 32.2. The molecule has 0 spiro atoms. The van der Waals surface area contributed by atoms with E-state index in [4.69, 9.17) is 9.47 Å². The van der Waals surface area contributed by atoms with E-state index in [1.807, 2.05) is 26.0 Å². The van der Waals surface area contributed by atoms with E-state index in [0.29, 0.717) is 25.9 Å². The van der Waals surface area contributed by atoms with Gasteiger partial charge in [-0.2, -0.15) is 0 Å². The lowest BCUT2D eigenvalue weighted by atomic mass is 9.87. The average Bonchev–Trinajstić information content (AvgIpc) is 3.78. The molecule has 0 radical (unpaired) electrons. The van der Waals surface area contributed by atoms with Crippen molar-refractivity contribution in [1.82, 2.24) is 30.5 Å². The highest BCUT2D eigenvalue weighted by Gasteiger charge is 2.48. The van der Waals surface area contributed by atoms with Crippen molar-refractivity contribution in [2.45, 2.75) is 114 Å². The second kappa shape index (κ2) is 16.8. The second-order valence-corrected chi connectivity index (χ2v) is 17.7. The zero-order chi connectivity index (χ0) is 40.1. The normalized spacial score (nSPS) is 24.3. The van der Waals surface area contributed by atoms with Crippen molar-refractivity contribution in [3.63, 3.8) is 0 Å². The molecule has 4 aliphatic rings. The van der Waals surface area contributed by atoms with Crippen molar-refractivity contribution in [1.29, 1.82) is 0 Å². The number of carbonyl (C=O) groups excluding carboxylic acids is 6. The lowest BCUT2D eigenvalue weighted by molar-refractivity contribution is -0.141. The van der Waals surface area contributed by atoms with Gasteiger partial charge in [0, 0.05) is 26.1 Å². The molecule has 4 bridgehead atoms. The molecule has 2 fully saturated rings. The summed E-state index contributed by atoms with van der Waals surface area (Å²) in [6.45, 7) is 12.4. The number of fused-ring (bicyclic) bond motifs is 3. The molecule has 3 aliphatic heterocycles. The molecule has 1 aliphatic carbocycles. The first kappa shape index (κ1) is 41.2. The standard InChI is InChI=1S/C38H52N6O10S/c1-6-16-38(5,34(48)42-55(51,52)27-14-15-27)41-32(46)30-18-26-21-44(30)33(47)29(19-39-31(45)7-2)40-35(49)53-23-37(3,4)17-9-8-11-24-12-10-13-25-20-43(22-28(24)25)36(50)54-26/h6-7,10,12-13,26-27,29-30H,1-2,8-9,11,14-23H2,3-5H3,(H,39,45)(H,40,49)(H,41,46)(H,42,48)/t26-,29+,30+,38+/m1/s1. The van der Waals surface area contributed by atoms with E-state index in [-0.39, 0.29) is 26.0 Å². The first-order valence-corrected chi connectivity index (χ1v) is 20.2. The lowest BCUT2D eigenvalue weighted by Crippen LogP contribution is -2.62. The number of amides is 6. The summed E-state index contributed by atoms with van der Waals surface area (Å²) < 4.78 is 38.9. The topological polar surface area (TPSA) is 210 Å². The van der Waals surface area contributed by atoms with Crippen molar-refractivity contribution in [2.24, 2.45) is 5.41 Å². The van der Waals surface area contributed by atoms with Crippen molar-refractivity contribution in [3.05, 3.63) is 60.2 Å². The third-order valence-corrected chi connectivity index (χ3v) is 12.3. The van der Waals surface area contributed by atoms with Gasteiger partial charge in [0.1, 0.15) is 23.7 Å². The van der Waals surface area contributed by atoms with Gasteiger partial charge in [0.25, 0.3) is 5.91 Å². The number of benzene rings is 1. The monoisotopic (exact) mass is 784 g/mol. The third kappa shape index (κ3) is 10.2. The van der Waals surface area contributed by atoms with Crippen LogP contribution in [-0.2, 0) is 58.2 Å². The Morgan fingerprint density at radius 3 is 2.51 bits per heavy atom. The first-order valence-electron chi connectivity index (χ1n) is 18.6. The lowest BCUT2D eigenvalue weighted by Gasteiger charge is -2.33. The average molecular weight is 785 g/mol. The number of sulfonamides is 1. The molecule has 4 atom stereocenters. The van der Waals surface area contributed by atoms with Crippen LogP contribution in [-0.4, -0.2) is 103 Å². The van der Waals surface area contributed by atoms with Crippen LogP contribution in [0, 0.1) is 5.41 Å². The Hall–Kier alpha value is -4.93. The van der Waals surface area contributed by atoms with E-state index in [0.717, 1.165) is 53.3 Å². The SMILES string of the molecule is C=CC[C@](C)(NC(=O)[C@@H]1C[C@@H]2CN1C(=O)[C@H](CNC(=O)C=C)NC(=O)OCC(C)(C)CCCCc1cccc3c1CN(C3)C(=O)O2)C(=O)NS(=O)(=O)C1CC1. The number of hydrogen-bond acceptors (Lipinski definition) is 10. The molecule has 17 heteroatoms. The Bertz CT molecular complexity index is 1830. The third-order valence-electron chi connectivity index (χ3n) is 10.5. The number of ether oxygens (including phenoxy) is 2. The number of hydrogen-bond donors (Lipinski definition) is 4. The van der Waals surface area contributed by atoms with E-state index in [1.165, 1.54) is 13.0 Å². The summed E-state index contributed by atoms with van der Waals surface area (Å²) in [5, 5.41) is 6.93. The molecule has 0 unspecified atom stereocenters. The first-order chi connectivity index (χ1) is 25.9. The molecule has 6 amide bonds. The Labute approximate surface area is 321 Å². The van der Waals surface area contributed by atoms with Crippen molar-refractivity contribution in [3.8, 4) is 0 Å². The maximum Gasteiger partial charge on any atom is 0.410 e. The predicted molar refractivity (Wildman–Crippen MR) is 200 cm³/mol. The zero-order valence-corrected chi connectivity index (χ0v) is 32.5. The summed E-state index contributed by atoms with van der Waals surface area (Å²) in [6.07, 6.45) is 3.51. The van der Waals surface area contributed by atoms with Crippen LogP contribution in [0.3, 0.4) is 0 Å². The Kier molecular flexibility index (Phi) is 12.6. The minimum atomic E-state index is -3.98. The van der Waals surface area contributed by atoms with Gasteiger partial charge in [0.05, 0.1) is 18.4 Å². The van der Waals surface area contributed by atoms with Gasteiger partial charge in [0.2, 0.25) is 27.7 Å². The largest absolute Gasteiger partial charge is 0.449 e. The molecule has 5 rings (SSSR count). The summed E-state index contributed by atoms with van der Waals surface area (Å²) >= 11 is 0. The van der Waals surface area contributed by atoms with Gasteiger partial charge in [-0.1, -0.05) is 51.1 Å². The minimum absolute atomic E-state index is 0.0433. The minimum Gasteiger partial charge on any atom is -0.449 e. The van der Waals surface area contributed by atoms with E-state index in [1.54, 1.807) is 4.90 Å². The fraction of sp³-hybridized carbons (Fsp3) is 0.579. The molecule has 1 aromatic carbocycles. The van der Waals surface area contributed by atoms with Gasteiger partial charge < -0.3 is 30.3 Å². The molecule has 4 N–H and O–H groups in total. The van der Waals surface area contributed by atoms with Gasteiger partial charge in [-0.05, 0) is 73.6 Å². The molecule has 300 valence electrons. The number of cyclic esters (lactones) is 1. The van der Waals surface area contributed by atoms with Crippen molar-refractivity contribution in [2.75, 3.05) is 19.7 Å². The van der Waals surface area contributed by atoms with Gasteiger partial charge in [0.15, 0.2) is 0 Å². The number of alkyl carbamates (subject to hydrolysis) is 1. The number of nitrogens with zero attached hydrogens (tertiary/aromatic N) is 2. The van der Waals surface area contributed by atoms with E-state index >= 15 is 0 Å². The predicted octanol–water partition coefficient (Wildman–Crippen LogP) is 2.32. The van der Waals surface area contributed by atoms with Crippen LogP contribution in [0.1, 0.15) is 82.4 Å². The fourth-order valence-corrected chi connectivity index (χ4v) is 8.51. The van der Waals surface area contributed by atoms with Crippen LogP contribution in [0.25, 0.3) is 0 Å². The van der Waals surface area contributed by atoms with Gasteiger partial charge >= 0.3 is 12.2 Å². The Morgan fingerprint density at radius 2 is 1.82 bits per heavy atom. The van der Waals surface area contributed by atoms with Crippen LogP contribution < -0.4 is 20.7 Å². The van der Waals surface area contributed by atoms with Crippen LogP contribution in [0.15, 0.2) is 43.5 Å². The summed E-state index contributed by atoms with van der Waals surface area (Å²) in [7, 11) is -3.98. The molecule has 16 nitrogen and oxygen atoms in total. The smallest absolute Gasteiger partial charge is 0.410 e. The molecule has 3 heterocycles. The number of rotatable bonds is 10. The summed E-state index contributed by atoms with van der Waals surface area (Å²) in [4.78, 5) is 83.6. The fourth-order valence-electron chi connectivity index (χ4n) is 7.11. The summed E-state index contributed by atoms with van der Waals surface area (Å²) in [6, 6.07) is 3.20. The molecule has 1 saturated heterocycles. The molecule has 1 aromatic rings. The highest BCUT2D eigenvalue weighted by Crippen LogP contribution is 2.32. The summed E-state index contributed by atoms with van der Waals surface area (Å²) in [5.41, 5.74) is 0.991. The summed E-state index contributed by atoms with van der Waals surface area (Å²) in [5.74, 6) is -3.26. The van der Waals surface area contributed by atoms with E-state index < -0.39 is 86.8 Å². The van der Waals surface area contributed by atoms with Crippen LogP contribution >= 0.6 is 0 Å². The van der Waals surface area contributed by atoms with E-state index in [9.17, 15) is 37.2 Å². The molecular weight excluding hydrogens is 733 g/mol. The van der Waals surface area contributed by atoms with Crippen molar-refractivity contribution >= 4 is 45.8 Å². The van der Waals surface area contributed by atoms with Crippen LogP contribution in [0.2, 0.25) is 0 Å². The van der Waals surface area contributed by atoms with Gasteiger partial charge in [-0.3, -0.25) is 28.8 Å². The number of aryl methyl sites for hydroxylation is 1. The number of carbonyl (C=O) groups is 6. The number of nitrogens with one attached hydrogen (secondary N) is 4. The van der Waals surface area contributed by atoms with Gasteiger partial charge in [-0.25, -0.2) is 18.0 Å². The Morgan fingerprint density at radius 1 is 1.09 bits per heavy atom. The zero-order valence-electron chi connectivity index (χ0n) is 31.7. The van der Waals surface area contributed by atoms with Gasteiger partial charge in [-0.15, -0.1) is 6.58 Å². The van der Waals surface area contributed by atoms with E-state index in [2.05, 4.69) is 39.9 Å². The molecule has 55 heavy (non-hydrogen) atoms. The second-order valence-electron chi connectivity index (χ2n) is 15.7. The van der Waals surface area contributed by atoms with Crippen molar-refractivity contribution < 1.29 is 46.7 Å². The molecule has 0 aromatic heterocycles. The quantitative estimate of drug-likeness (QED) is 0.201. The highest BCUT2D eigenvalue weighted by molar-refractivity contribution is 7.91. The van der Waals surface area contributed by atoms with Crippen LogP contribution in [0.4, 0.5) is 9.59 Å². The maximum atomic E-state index is 14.3. The maximum absolute atomic E-state index is 14.3.